The number of benzene rings is 2. The van der Waals surface area contributed by atoms with Gasteiger partial charge >= 0.3 is 0 Å². The summed E-state index contributed by atoms with van der Waals surface area (Å²) in [5.41, 5.74) is 1.80. The number of amides is 2. The first-order valence-electron chi connectivity index (χ1n) is 9.91. The summed E-state index contributed by atoms with van der Waals surface area (Å²) in [5, 5.41) is 14.0. The molecule has 0 aromatic heterocycles. The minimum Gasteiger partial charge on any atom is -0.478 e. The van der Waals surface area contributed by atoms with E-state index in [1.54, 1.807) is 19.1 Å². The van der Waals surface area contributed by atoms with Crippen LogP contribution in [0.25, 0.3) is 0 Å². The molecule has 2 unspecified atom stereocenters. The summed E-state index contributed by atoms with van der Waals surface area (Å²) in [6.45, 7) is 7.33. The molecule has 0 spiro atoms. The SMILES string of the molecule is CCc1ccc(NC(=O)C(C)N2C(=O)C(C(C)C)Oc3ccc([N+](=O)[O-])cc32)cc1. The van der Waals surface area contributed by atoms with Crippen molar-refractivity contribution in [1.29, 1.82) is 0 Å². The van der Waals surface area contributed by atoms with Crippen LogP contribution in [0, 0.1) is 16.0 Å². The number of nitro benzene ring substituents is 1. The summed E-state index contributed by atoms with van der Waals surface area (Å²) in [5.74, 6) is -0.595. The molecule has 158 valence electrons. The number of rotatable bonds is 6. The molecular formula is C22H25N3O5. The topological polar surface area (TPSA) is 102 Å². The molecule has 8 nitrogen and oxygen atoms in total. The summed E-state index contributed by atoms with van der Waals surface area (Å²) >= 11 is 0. The Kier molecular flexibility index (Phi) is 6.05. The monoisotopic (exact) mass is 411 g/mol. The summed E-state index contributed by atoms with van der Waals surface area (Å²) in [7, 11) is 0. The van der Waals surface area contributed by atoms with E-state index < -0.39 is 28.9 Å². The van der Waals surface area contributed by atoms with Gasteiger partial charge in [0.2, 0.25) is 5.91 Å². The maximum absolute atomic E-state index is 13.1. The quantitative estimate of drug-likeness (QED) is 0.573. The standard InChI is InChI=1S/C22H25N3O5/c1-5-15-6-8-16(9-7-15)23-21(26)14(4)24-18-12-17(25(28)29)10-11-19(18)30-20(13(2)3)22(24)27/h6-14,20H,5H2,1-4H3,(H,23,26). The van der Waals surface area contributed by atoms with Gasteiger partial charge in [0.15, 0.2) is 6.10 Å². The molecule has 3 rings (SSSR count). The smallest absolute Gasteiger partial charge is 0.271 e. The van der Waals surface area contributed by atoms with Crippen molar-refractivity contribution in [2.75, 3.05) is 10.2 Å². The first-order chi connectivity index (χ1) is 14.2. The molecule has 2 aromatic carbocycles. The number of anilines is 2. The Bertz CT molecular complexity index is 971. The molecule has 2 atom stereocenters. The molecule has 0 bridgehead atoms. The van der Waals surface area contributed by atoms with Gasteiger partial charge in [-0.1, -0.05) is 32.9 Å². The molecule has 0 aliphatic carbocycles. The molecule has 0 radical (unpaired) electrons. The van der Waals surface area contributed by atoms with Gasteiger partial charge in [0, 0.05) is 17.8 Å². The van der Waals surface area contributed by atoms with Gasteiger partial charge in [0.1, 0.15) is 11.8 Å². The van der Waals surface area contributed by atoms with Crippen LogP contribution in [0.15, 0.2) is 42.5 Å². The van der Waals surface area contributed by atoms with E-state index in [1.165, 1.54) is 23.1 Å². The molecule has 0 saturated heterocycles. The van der Waals surface area contributed by atoms with Crippen LogP contribution in [-0.2, 0) is 16.0 Å². The number of ether oxygens (including phenoxy) is 1. The van der Waals surface area contributed by atoms with Crippen LogP contribution >= 0.6 is 0 Å². The van der Waals surface area contributed by atoms with Crippen LogP contribution in [0.3, 0.4) is 0 Å². The molecule has 1 N–H and O–H groups in total. The second kappa shape index (κ2) is 8.52. The summed E-state index contributed by atoms with van der Waals surface area (Å²) in [4.78, 5) is 38.1. The predicted octanol–water partition coefficient (Wildman–Crippen LogP) is 3.93. The van der Waals surface area contributed by atoms with Crippen molar-refractivity contribution in [3.8, 4) is 5.75 Å². The van der Waals surface area contributed by atoms with Gasteiger partial charge in [-0.15, -0.1) is 0 Å². The normalized spacial score (nSPS) is 16.6. The number of nitrogens with zero attached hydrogens (tertiary/aromatic N) is 2. The van der Waals surface area contributed by atoms with E-state index in [2.05, 4.69) is 5.32 Å². The van der Waals surface area contributed by atoms with E-state index in [-0.39, 0.29) is 17.3 Å². The molecular weight excluding hydrogens is 386 g/mol. The molecule has 1 heterocycles. The van der Waals surface area contributed by atoms with Gasteiger partial charge < -0.3 is 10.1 Å². The highest BCUT2D eigenvalue weighted by atomic mass is 16.6. The van der Waals surface area contributed by atoms with E-state index in [9.17, 15) is 19.7 Å². The van der Waals surface area contributed by atoms with E-state index >= 15 is 0 Å². The number of fused-ring (bicyclic) bond motifs is 1. The van der Waals surface area contributed by atoms with Gasteiger partial charge in [-0.25, -0.2) is 0 Å². The summed E-state index contributed by atoms with van der Waals surface area (Å²) in [6.07, 6.45) is 0.108. The maximum atomic E-state index is 13.1. The molecule has 30 heavy (non-hydrogen) atoms. The third-order valence-corrected chi connectivity index (χ3v) is 5.15. The molecule has 0 saturated carbocycles. The second-order valence-corrected chi connectivity index (χ2v) is 7.62. The van der Waals surface area contributed by atoms with Crippen molar-refractivity contribution in [3.05, 3.63) is 58.1 Å². The van der Waals surface area contributed by atoms with Gasteiger partial charge in [-0.3, -0.25) is 24.6 Å². The number of carbonyl (C=O) groups excluding carboxylic acids is 2. The highest BCUT2D eigenvalue weighted by molar-refractivity contribution is 6.08. The van der Waals surface area contributed by atoms with Crippen LogP contribution in [0.5, 0.6) is 5.75 Å². The molecule has 1 aliphatic rings. The predicted molar refractivity (Wildman–Crippen MR) is 114 cm³/mol. The van der Waals surface area contributed by atoms with Crippen molar-refractivity contribution < 1.29 is 19.2 Å². The average molecular weight is 411 g/mol. The lowest BCUT2D eigenvalue weighted by Crippen LogP contribution is -2.55. The molecule has 8 heteroatoms. The number of hydrogen-bond donors (Lipinski definition) is 1. The van der Waals surface area contributed by atoms with Crippen molar-refractivity contribution >= 4 is 28.9 Å². The Morgan fingerprint density at radius 1 is 1.20 bits per heavy atom. The van der Waals surface area contributed by atoms with E-state index in [1.807, 2.05) is 32.9 Å². The Balaban J connectivity index is 1.94. The minimum absolute atomic E-state index is 0.139. The van der Waals surface area contributed by atoms with Crippen LogP contribution < -0.4 is 15.0 Å². The Hall–Kier alpha value is -3.42. The Morgan fingerprint density at radius 3 is 2.43 bits per heavy atom. The fourth-order valence-corrected chi connectivity index (χ4v) is 3.36. The van der Waals surface area contributed by atoms with Crippen LogP contribution in [0.1, 0.15) is 33.3 Å². The maximum Gasteiger partial charge on any atom is 0.271 e. The van der Waals surface area contributed by atoms with E-state index in [0.717, 1.165) is 12.0 Å². The Labute approximate surface area is 175 Å². The van der Waals surface area contributed by atoms with Gasteiger partial charge in [-0.2, -0.15) is 0 Å². The van der Waals surface area contributed by atoms with Gasteiger partial charge in [-0.05, 0) is 43.0 Å². The largest absolute Gasteiger partial charge is 0.478 e. The average Bonchev–Trinajstić information content (AvgIpc) is 2.72. The third kappa shape index (κ3) is 4.12. The number of nitro groups is 1. The van der Waals surface area contributed by atoms with Gasteiger partial charge in [0.25, 0.3) is 11.6 Å². The Morgan fingerprint density at radius 2 is 1.87 bits per heavy atom. The highest BCUT2D eigenvalue weighted by Gasteiger charge is 2.41. The zero-order valence-electron chi connectivity index (χ0n) is 17.4. The van der Waals surface area contributed by atoms with Crippen LogP contribution in [-0.4, -0.2) is 28.9 Å². The van der Waals surface area contributed by atoms with Crippen LogP contribution in [0.4, 0.5) is 17.1 Å². The highest BCUT2D eigenvalue weighted by Crippen LogP contribution is 2.39. The van der Waals surface area contributed by atoms with Gasteiger partial charge in [0.05, 0.1) is 10.6 Å². The fourth-order valence-electron chi connectivity index (χ4n) is 3.36. The zero-order valence-corrected chi connectivity index (χ0v) is 17.4. The molecule has 2 aromatic rings. The van der Waals surface area contributed by atoms with E-state index in [4.69, 9.17) is 4.74 Å². The molecule has 1 aliphatic heterocycles. The molecule has 2 amide bonds. The van der Waals surface area contributed by atoms with Crippen molar-refractivity contribution in [2.24, 2.45) is 5.92 Å². The first kappa shape index (κ1) is 21.3. The summed E-state index contributed by atoms with van der Waals surface area (Å²) < 4.78 is 5.80. The number of carbonyl (C=O) groups is 2. The fraction of sp³-hybridized carbons (Fsp3) is 0.364. The second-order valence-electron chi connectivity index (χ2n) is 7.62. The minimum atomic E-state index is -0.894. The van der Waals surface area contributed by atoms with Crippen molar-refractivity contribution in [3.63, 3.8) is 0 Å². The number of non-ortho nitro benzene ring substituents is 1. The van der Waals surface area contributed by atoms with Crippen molar-refractivity contribution in [1.82, 2.24) is 0 Å². The first-order valence-corrected chi connectivity index (χ1v) is 9.91. The number of aryl methyl sites for hydroxylation is 1. The number of hydrogen-bond acceptors (Lipinski definition) is 5. The van der Waals surface area contributed by atoms with Crippen LogP contribution in [0.2, 0.25) is 0 Å². The van der Waals surface area contributed by atoms with Crippen molar-refractivity contribution in [2.45, 2.75) is 46.3 Å². The lowest BCUT2D eigenvalue weighted by atomic mass is 10.0. The molecule has 0 fully saturated rings. The zero-order chi connectivity index (χ0) is 22.0. The third-order valence-electron chi connectivity index (χ3n) is 5.15. The lowest BCUT2D eigenvalue weighted by molar-refractivity contribution is -0.384. The van der Waals surface area contributed by atoms with E-state index in [0.29, 0.717) is 11.4 Å². The lowest BCUT2D eigenvalue weighted by Gasteiger charge is -2.38. The summed E-state index contributed by atoms with van der Waals surface area (Å²) in [6, 6.07) is 10.6. The number of nitrogens with one attached hydrogen (secondary N) is 1.